The van der Waals surface area contributed by atoms with E-state index in [1.807, 2.05) is 12.1 Å². The number of hydrogen-bond donors (Lipinski definition) is 0. The van der Waals surface area contributed by atoms with Crippen LogP contribution in [0.4, 0.5) is 4.39 Å². The number of halogens is 1. The zero-order chi connectivity index (χ0) is 14.2. The molecule has 114 valence electrons. The number of piperazine rings is 1. The molecule has 3 fully saturated rings. The molecule has 0 radical (unpaired) electrons. The highest BCUT2D eigenvalue weighted by molar-refractivity contribution is 5.16. The first-order valence-corrected chi connectivity index (χ1v) is 8.49. The van der Waals surface area contributed by atoms with E-state index in [1.165, 1.54) is 44.3 Å². The van der Waals surface area contributed by atoms with Crippen LogP contribution in [0.3, 0.4) is 0 Å². The predicted octanol–water partition coefficient (Wildman–Crippen LogP) is 3.13. The van der Waals surface area contributed by atoms with Gasteiger partial charge in [0.15, 0.2) is 0 Å². The number of nitrogens with zero attached hydrogens (tertiary/aromatic N) is 2. The van der Waals surface area contributed by atoms with Crippen molar-refractivity contribution in [3.05, 3.63) is 35.6 Å². The molecule has 2 saturated carbocycles. The van der Waals surface area contributed by atoms with Gasteiger partial charge < -0.3 is 0 Å². The summed E-state index contributed by atoms with van der Waals surface area (Å²) in [5.74, 6) is 1.90. The van der Waals surface area contributed by atoms with E-state index >= 15 is 0 Å². The Bertz CT molecular complexity index is 478. The number of fused-ring (bicyclic) bond motifs is 2. The van der Waals surface area contributed by atoms with Gasteiger partial charge in [0.1, 0.15) is 5.82 Å². The van der Waals surface area contributed by atoms with E-state index in [-0.39, 0.29) is 5.82 Å². The highest BCUT2D eigenvalue weighted by Gasteiger charge is 2.42. The summed E-state index contributed by atoms with van der Waals surface area (Å²) in [5, 5.41) is 0. The van der Waals surface area contributed by atoms with E-state index in [0.717, 1.165) is 37.5 Å². The largest absolute Gasteiger partial charge is 0.298 e. The third-order valence-electron chi connectivity index (χ3n) is 5.90. The molecular weight excluding hydrogens is 263 g/mol. The average molecular weight is 288 g/mol. The second-order valence-corrected chi connectivity index (χ2v) is 7.18. The molecule has 1 saturated heterocycles. The maximum atomic E-state index is 12.9. The molecule has 3 heteroatoms. The summed E-state index contributed by atoms with van der Waals surface area (Å²) in [4.78, 5) is 5.27. The summed E-state index contributed by atoms with van der Waals surface area (Å²) in [6.07, 6.45) is 5.93. The van der Waals surface area contributed by atoms with Gasteiger partial charge in [0.05, 0.1) is 0 Å². The number of rotatable bonds is 3. The SMILES string of the molecule is Fc1ccc(CN2CCN(C3CC4CCC3C4)CC2)cc1. The Labute approximate surface area is 126 Å². The monoisotopic (exact) mass is 288 g/mol. The first kappa shape index (κ1) is 13.7. The van der Waals surface area contributed by atoms with Crippen LogP contribution >= 0.6 is 0 Å². The maximum Gasteiger partial charge on any atom is 0.123 e. The van der Waals surface area contributed by atoms with Crippen LogP contribution in [-0.2, 0) is 6.54 Å². The van der Waals surface area contributed by atoms with Gasteiger partial charge in [0.2, 0.25) is 0 Å². The summed E-state index contributed by atoms with van der Waals surface area (Å²) in [6, 6.07) is 7.86. The number of hydrogen-bond acceptors (Lipinski definition) is 2. The minimum atomic E-state index is -0.139. The van der Waals surface area contributed by atoms with E-state index in [4.69, 9.17) is 0 Å². The van der Waals surface area contributed by atoms with Crippen LogP contribution < -0.4 is 0 Å². The van der Waals surface area contributed by atoms with Crippen LogP contribution in [0.2, 0.25) is 0 Å². The van der Waals surface area contributed by atoms with E-state index in [1.54, 1.807) is 12.1 Å². The topological polar surface area (TPSA) is 6.48 Å². The van der Waals surface area contributed by atoms with Crippen molar-refractivity contribution in [2.24, 2.45) is 11.8 Å². The van der Waals surface area contributed by atoms with Crippen molar-refractivity contribution in [1.29, 1.82) is 0 Å². The Hall–Kier alpha value is -0.930. The molecule has 4 rings (SSSR count). The van der Waals surface area contributed by atoms with Crippen LogP contribution in [0, 0.1) is 17.7 Å². The summed E-state index contributed by atoms with van der Waals surface area (Å²) in [7, 11) is 0. The van der Waals surface area contributed by atoms with Crippen molar-refractivity contribution in [2.75, 3.05) is 26.2 Å². The van der Waals surface area contributed by atoms with Crippen LogP contribution in [0.5, 0.6) is 0 Å². The van der Waals surface area contributed by atoms with Gasteiger partial charge in [-0.15, -0.1) is 0 Å². The molecular formula is C18H25FN2. The summed E-state index contributed by atoms with van der Waals surface area (Å²) in [5.41, 5.74) is 1.23. The molecule has 3 unspecified atom stereocenters. The molecule has 0 amide bonds. The summed E-state index contributed by atoms with van der Waals surface area (Å²) >= 11 is 0. The predicted molar refractivity (Wildman–Crippen MR) is 82.5 cm³/mol. The normalized spacial score (nSPS) is 33.7. The summed E-state index contributed by atoms with van der Waals surface area (Å²) in [6.45, 7) is 5.71. The Morgan fingerprint density at radius 2 is 1.71 bits per heavy atom. The third-order valence-corrected chi connectivity index (χ3v) is 5.90. The molecule has 2 aliphatic carbocycles. The highest BCUT2D eigenvalue weighted by atomic mass is 19.1. The zero-order valence-corrected chi connectivity index (χ0v) is 12.7. The van der Waals surface area contributed by atoms with E-state index in [0.29, 0.717) is 0 Å². The van der Waals surface area contributed by atoms with Gasteiger partial charge >= 0.3 is 0 Å². The molecule has 21 heavy (non-hydrogen) atoms. The van der Waals surface area contributed by atoms with Crippen LogP contribution in [0.25, 0.3) is 0 Å². The molecule has 3 atom stereocenters. The average Bonchev–Trinajstić information content (AvgIpc) is 3.13. The molecule has 1 heterocycles. The van der Waals surface area contributed by atoms with Crippen molar-refractivity contribution in [3.8, 4) is 0 Å². The minimum absolute atomic E-state index is 0.139. The Kier molecular flexibility index (Phi) is 3.72. The van der Waals surface area contributed by atoms with Gasteiger partial charge in [-0.25, -0.2) is 4.39 Å². The molecule has 2 nitrogen and oxygen atoms in total. The zero-order valence-electron chi connectivity index (χ0n) is 12.7. The lowest BCUT2D eigenvalue weighted by atomic mass is 9.93. The lowest BCUT2D eigenvalue weighted by Crippen LogP contribution is -2.51. The lowest BCUT2D eigenvalue weighted by molar-refractivity contribution is 0.0679. The molecule has 0 spiro atoms. The quantitative estimate of drug-likeness (QED) is 0.843. The van der Waals surface area contributed by atoms with E-state index in [2.05, 4.69) is 9.80 Å². The minimum Gasteiger partial charge on any atom is -0.298 e. The van der Waals surface area contributed by atoms with Crippen LogP contribution in [-0.4, -0.2) is 42.0 Å². The Balaban J connectivity index is 1.29. The van der Waals surface area contributed by atoms with Crippen LogP contribution in [0.15, 0.2) is 24.3 Å². The van der Waals surface area contributed by atoms with Gasteiger partial charge in [0, 0.05) is 38.8 Å². The fourth-order valence-corrected chi connectivity index (χ4v) is 4.76. The molecule has 0 aromatic heterocycles. The highest BCUT2D eigenvalue weighted by Crippen LogP contribution is 2.46. The second-order valence-electron chi connectivity index (χ2n) is 7.18. The smallest absolute Gasteiger partial charge is 0.123 e. The molecule has 1 aliphatic heterocycles. The van der Waals surface area contributed by atoms with Gasteiger partial charge in [-0.2, -0.15) is 0 Å². The number of benzene rings is 1. The van der Waals surface area contributed by atoms with Crippen molar-refractivity contribution in [1.82, 2.24) is 9.80 Å². The first-order chi connectivity index (χ1) is 10.3. The van der Waals surface area contributed by atoms with Crippen molar-refractivity contribution in [3.63, 3.8) is 0 Å². The second kappa shape index (κ2) is 5.69. The first-order valence-electron chi connectivity index (χ1n) is 8.49. The van der Waals surface area contributed by atoms with Gasteiger partial charge in [-0.05, 0) is 48.8 Å². The fourth-order valence-electron chi connectivity index (χ4n) is 4.76. The van der Waals surface area contributed by atoms with Gasteiger partial charge in [0.25, 0.3) is 0 Å². The molecule has 2 bridgehead atoms. The van der Waals surface area contributed by atoms with E-state index < -0.39 is 0 Å². The molecule has 0 N–H and O–H groups in total. The van der Waals surface area contributed by atoms with Gasteiger partial charge in [-0.3, -0.25) is 9.80 Å². The van der Waals surface area contributed by atoms with E-state index in [9.17, 15) is 4.39 Å². The standard InChI is InChI=1S/C18H25FN2/c19-17-5-2-14(3-6-17)13-20-7-9-21(10-8-20)18-12-15-1-4-16(18)11-15/h2-3,5-6,15-16,18H,1,4,7-13H2. The molecule has 3 aliphatic rings. The Morgan fingerprint density at radius 3 is 2.33 bits per heavy atom. The van der Waals surface area contributed by atoms with Gasteiger partial charge in [-0.1, -0.05) is 18.6 Å². The Morgan fingerprint density at radius 1 is 0.952 bits per heavy atom. The molecule has 1 aromatic rings. The van der Waals surface area contributed by atoms with Crippen LogP contribution in [0.1, 0.15) is 31.2 Å². The van der Waals surface area contributed by atoms with Crippen molar-refractivity contribution in [2.45, 2.75) is 38.3 Å². The third kappa shape index (κ3) is 2.86. The molecule has 1 aromatic carbocycles. The fraction of sp³-hybridized carbons (Fsp3) is 0.667. The van der Waals surface area contributed by atoms with Crippen molar-refractivity contribution >= 4 is 0 Å². The van der Waals surface area contributed by atoms with Crippen molar-refractivity contribution < 1.29 is 4.39 Å². The lowest BCUT2D eigenvalue weighted by Gasteiger charge is -2.41. The maximum absolute atomic E-state index is 12.9. The summed E-state index contributed by atoms with van der Waals surface area (Å²) < 4.78 is 12.9.